The van der Waals surface area contributed by atoms with Crippen LogP contribution < -0.4 is 0 Å². The van der Waals surface area contributed by atoms with E-state index in [2.05, 4.69) is 9.47 Å². The SMILES string of the molecule is COCCOCCOCCOC(=O)O[C@H](C)Cl. The van der Waals surface area contributed by atoms with Crippen molar-refractivity contribution in [3.8, 4) is 0 Å². The highest BCUT2D eigenvalue weighted by atomic mass is 35.5. The average Bonchev–Trinajstić information content (AvgIpc) is 2.26. The Morgan fingerprint density at radius 1 is 1.06 bits per heavy atom. The maximum atomic E-state index is 10.8. The largest absolute Gasteiger partial charge is 0.509 e. The first-order valence-electron chi connectivity index (χ1n) is 5.28. The lowest BCUT2D eigenvalue weighted by atomic mass is 10.7. The zero-order valence-corrected chi connectivity index (χ0v) is 10.9. The maximum absolute atomic E-state index is 10.8. The van der Waals surface area contributed by atoms with Crippen LogP contribution in [0.1, 0.15) is 6.92 Å². The number of methoxy groups -OCH3 is 1. The van der Waals surface area contributed by atoms with Gasteiger partial charge in [-0.2, -0.15) is 0 Å². The molecule has 0 saturated heterocycles. The maximum Gasteiger partial charge on any atom is 0.509 e. The summed E-state index contributed by atoms with van der Waals surface area (Å²) in [6, 6.07) is 0. The molecule has 0 saturated carbocycles. The second-order valence-electron chi connectivity index (χ2n) is 2.98. The Hall–Kier alpha value is -0.560. The molecule has 0 radical (unpaired) electrons. The molecule has 0 aliphatic rings. The van der Waals surface area contributed by atoms with Crippen molar-refractivity contribution in [1.82, 2.24) is 0 Å². The molecule has 0 spiro atoms. The fourth-order valence-corrected chi connectivity index (χ4v) is 0.888. The van der Waals surface area contributed by atoms with Gasteiger partial charge in [0.2, 0.25) is 0 Å². The van der Waals surface area contributed by atoms with Crippen molar-refractivity contribution >= 4 is 17.8 Å². The Kier molecular flexibility index (Phi) is 11.5. The molecule has 0 aromatic heterocycles. The molecule has 0 aromatic rings. The number of alkyl halides is 1. The van der Waals surface area contributed by atoms with Crippen molar-refractivity contribution in [2.24, 2.45) is 0 Å². The van der Waals surface area contributed by atoms with E-state index in [-0.39, 0.29) is 6.61 Å². The lowest BCUT2D eigenvalue weighted by molar-refractivity contribution is -0.000222. The molecule has 0 rings (SSSR count). The van der Waals surface area contributed by atoms with Crippen molar-refractivity contribution in [2.45, 2.75) is 12.5 Å². The summed E-state index contributed by atoms with van der Waals surface area (Å²) >= 11 is 5.41. The highest BCUT2D eigenvalue weighted by Crippen LogP contribution is 1.98. The molecule has 0 unspecified atom stereocenters. The summed E-state index contributed by atoms with van der Waals surface area (Å²) < 4.78 is 24.3. The van der Waals surface area contributed by atoms with Crippen LogP contribution in [0.5, 0.6) is 0 Å². The molecule has 6 nitrogen and oxygen atoms in total. The van der Waals surface area contributed by atoms with Gasteiger partial charge >= 0.3 is 6.16 Å². The number of hydrogen-bond acceptors (Lipinski definition) is 6. The molecular weight excluding hydrogens is 252 g/mol. The van der Waals surface area contributed by atoms with Gasteiger partial charge in [-0.05, 0) is 6.92 Å². The van der Waals surface area contributed by atoms with E-state index in [1.807, 2.05) is 0 Å². The molecule has 1 atom stereocenters. The van der Waals surface area contributed by atoms with E-state index in [4.69, 9.17) is 25.8 Å². The van der Waals surface area contributed by atoms with Crippen molar-refractivity contribution in [1.29, 1.82) is 0 Å². The lowest BCUT2D eigenvalue weighted by Crippen LogP contribution is -2.16. The number of carbonyl (C=O) groups excluding carboxylic acids is 1. The molecule has 0 aromatic carbocycles. The average molecular weight is 271 g/mol. The number of ether oxygens (including phenoxy) is 5. The van der Waals surface area contributed by atoms with E-state index in [0.29, 0.717) is 33.0 Å². The van der Waals surface area contributed by atoms with Gasteiger partial charge in [0, 0.05) is 7.11 Å². The van der Waals surface area contributed by atoms with Crippen molar-refractivity contribution in [2.75, 3.05) is 46.8 Å². The van der Waals surface area contributed by atoms with Gasteiger partial charge in [0.05, 0.1) is 33.0 Å². The minimum Gasteiger partial charge on any atom is -0.432 e. The summed E-state index contributed by atoms with van der Waals surface area (Å²) in [6.07, 6.45) is -0.799. The standard InChI is InChI=1S/C10H19ClO6/c1-9(11)17-10(12)16-8-7-15-6-5-14-4-3-13-2/h9H,3-8H2,1-2H3/t9-/m1/s1. The van der Waals surface area contributed by atoms with Crippen LogP contribution in [-0.4, -0.2) is 58.5 Å². The fraction of sp³-hybridized carbons (Fsp3) is 0.900. The summed E-state index contributed by atoms with van der Waals surface area (Å²) in [4.78, 5) is 10.8. The van der Waals surface area contributed by atoms with Crippen molar-refractivity contribution < 1.29 is 28.5 Å². The first kappa shape index (κ1) is 16.4. The summed E-state index contributed by atoms with van der Waals surface area (Å²) in [7, 11) is 1.61. The predicted octanol–water partition coefficient (Wildman–Crippen LogP) is 1.40. The Balaban J connectivity index is 3.10. The van der Waals surface area contributed by atoms with Gasteiger partial charge in [0.15, 0.2) is 5.56 Å². The highest BCUT2D eigenvalue weighted by molar-refractivity contribution is 6.19. The van der Waals surface area contributed by atoms with Crippen molar-refractivity contribution in [3.05, 3.63) is 0 Å². The van der Waals surface area contributed by atoms with E-state index in [1.165, 1.54) is 6.92 Å². The summed E-state index contributed by atoms with van der Waals surface area (Å²) in [5, 5.41) is 0. The molecule has 0 heterocycles. The third-order valence-electron chi connectivity index (χ3n) is 1.51. The Morgan fingerprint density at radius 3 is 2.12 bits per heavy atom. The summed E-state index contributed by atoms with van der Waals surface area (Å²) in [6.45, 7) is 3.96. The number of hydrogen-bond donors (Lipinski definition) is 0. The van der Waals surface area contributed by atoms with Gasteiger partial charge < -0.3 is 23.7 Å². The number of carbonyl (C=O) groups is 1. The second-order valence-corrected chi connectivity index (χ2v) is 3.59. The van der Waals surface area contributed by atoms with Gasteiger partial charge in [-0.1, -0.05) is 11.6 Å². The van der Waals surface area contributed by atoms with E-state index >= 15 is 0 Å². The van der Waals surface area contributed by atoms with E-state index in [0.717, 1.165) is 0 Å². The zero-order valence-electron chi connectivity index (χ0n) is 10.1. The monoisotopic (exact) mass is 270 g/mol. The van der Waals surface area contributed by atoms with E-state index in [1.54, 1.807) is 7.11 Å². The van der Waals surface area contributed by atoms with Crippen LogP contribution in [0, 0.1) is 0 Å². The molecule has 102 valence electrons. The van der Waals surface area contributed by atoms with E-state index < -0.39 is 11.7 Å². The third kappa shape index (κ3) is 13.4. The minimum atomic E-state index is -0.799. The normalized spacial score (nSPS) is 12.2. The summed E-state index contributed by atoms with van der Waals surface area (Å²) in [5.41, 5.74) is -0.697. The Bertz CT molecular complexity index is 188. The molecule has 0 N–H and O–H groups in total. The second kappa shape index (κ2) is 11.9. The number of halogens is 1. The van der Waals surface area contributed by atoms with Gasteiger partial charge in [0.25, 0.3) is 0 Å². The topological polar surface area (TPSA) is 63.2 Å². The van der Waals surface area contributed by atoms with Gasteiger partial charge in [0.1, 0.15) is 6.61 Å². The molecule has 0 aliphatic heterocycles. The van der Waals surface area contributed by atoms with Crippen LogP contribution in [0.3, 0.4) is 0 Å². The quantitative estimate of drug-likeness (QED) is 0.340. The fourth-order valence-electron chi connectivity index (χ4n) is 0.815. The van der Waals surface area contributed by atoms with Crippen LogP contribution in [0.4, 0.5) is 4.79 Å². The molecule has 0 bridgehead atoms. The smallest absolute Gasteiger partial charge is 0.432 e. The van der Waals surface area contributed by atoms with Crippen molar-refractivity contribution in [3.63, 3.8) is 0 Å². The predicted molar refractivity (Wildman–Crippen MR) is 61.3 cm³/mol. The van der Waals surface area contributed by atoms with Crippen LogP contribution in [0.25, 0.3) is 0 Å². The first-order valence-corrected chi connectivity index (χ1v) is 5.72. The molecule has 7 heteroatoms. The molecule has 0 amide bonds. The van der Waals surface area contributed by atoms with Crippen LogP contribution in [0.2, 0.25) is 0 Å². The third-order valence-corrected chi connectivity index (χ3v) is 1.60. The van der Waals surface area contributed by atoms with E-state index in [9.17, 15) is 4.79 Å². The Morgan fingerprint density at radius 2 is 1.59 bits per heavy atom. The summed E-state index contributed by atoms with van der Waals surface area (Å²) in [5.74, 6) is 0. The molecule has 17 heavy (non-hydrogen) atoms. The van der Waals surface area contributed by atoms with Crippen LogP contribution in [0.15, 0.2) is 0 Å². The van der Waals surface area contributed by atoms with Gasteiger partial charge in [-0.3, -0.25) is 0 Å². The molecule has 0 aliphatic carbocycles. The van der Waals surface area contributed by atoms with Crippen LogP contribution >= 0.6 is 11.6 Å². The molecular formula is C10H19ClO6. The van der Waals surface area contributed by atoms with Gasteiger partial charge in [-0.15, -0.1) is 0 Å². The zero-order chi connectivity index (χ0) is 12.9. The minimum absolute atomic E-state index is 0.126. The molecule has 0 fully saturated rings. The van der Waals surface area contributed by atoms with Gasteiger partial charge in [-0.25, -0.2) is 4.79 Å². The highest BCUT2D eigenvalue weighted by Gasteiger charge is 2.06. The lowest BCUT2D eigenvalue weighted by Gasteiger charge is -2.08. The Labute approximate surface area is 106 Å². The first-order chi connectivity index (χ1) is 8.16. The number of rotatable bonds is 10. The van der Waals surface area contributed by atoms with Crippen LogP contribution in [-0.2, 0) is 23.7 Å².